The summed E-state index contributed by atoms with van der Waals surface area (Å²) in [5.41, 5.74) is 3.54. The topological polar surface area (TPSA) is 49.9 Å². The number of aromatic nitrogens is 2. The van der Waals surface area contributed by atoms with E-state index in [-0.39, 0.29) is 0 Å². The Bertz CT molecular complexity index is 501. The number of H-pyrrole nitrogens is 1. The Morgan fingerprint density at radius 1 is 1.26 bits per heavy atom. The molecule has 3 rings (SSSR count). The maximum atomic E-state index is 5.28. The van der Waals surface area contributed by atoms with Gasteiger partial charge in [-0.05, 0) is 30.0 Å². The van der Waals surface area contributed by atoms with Gasteiger partial charge < -0.3 is 10.1 Å². The van der Waals surface area contributed by atoms with Gasteiger partial charge in [0.25, 0.3) is 0 Å². The van der Waals surface area contributed by atoms with Crippen LogP contribution in [0.4, 0.5) is 0 Å². The summed E-state index contributed by atoms with van der Waals surface area (Å²) in [4.78, 5) is 0. The Labute approximate surface area is 113 Å². The maximum absolute atomic E-state index is 5.28. The van der Waals surface area contributed by atoms with Crippen LogP contribution in [0, 0.1) is 0 Å². The second-order valence-corrected chi connectivity index (χ2v) is 5.07. The molecule has 0 aliphatic heterocycles. The molecule has 4 heteroatoms. The molecule has 1 aliphatic carbocycles. The van der Waals surface area contributed by atoms with Crippen LogP contribution in [0.3, 0.4) is 0 Å². The number of ether oxygens (including phenoxy) is 1. The van der Waals surface area contributed by atoms with Crippen molar-refractivity contribution < 1.29 is 4.74 Å². The molecule has 1 fully saturated rings. The Hall–Kier alpha value is -1.65. The van der Waals surface area contributed by atoms with Crippen molar-refractivity contribution in [3.63, 3.8) is 0 Å². The van der Waals surface area contributed by atoms with Crippen molar-refractivity contribution >= 4 is 0 Å². The highest BCUT2D eigenvalue weighted by molar-refractivity contribution is 5.58. The average Bonchev–Trinajstić information content (AvgIpc) is 2.92. The van der Waals surface area contributed by atoms with E-state index in [1.54, 1.807) is 13.3 Å². The molecule has 1 aliphatic rings. The zero-order valence-corrected chi connectivity index (χ0v) is 11.1. The molecule has 0 unspecified atom stereocenters. The maximum Gasteiger partial charge on any atom is 0.0650 e. The number of nitrogens with zero attached hydrogens (tertiary/aromatic N) is 1. The van der Waals surface area contributed by atoms with Crippen LogP contribution >= 0.6 is 0 Å². The Morgan fingerprint density at radius 2 is 2.05 bits per heavy atom. The van der Waals surface area contributed by atoms with Gasteiger partial charge in [0.2, 0.25) is 0 Å². The Balaban J connectivity index is 1.52. The van der Waals surface area contributed by atoms with Crippen molar-refractivity contribution in [2.75, 3.05) is 7.11 Å². The molecule has 1 aromatic heterocycles. The van der Waals surface area contributed by atoms with E-state index < -0.39 is 0 Å². The highest BCUT2D eigenvalue weighted by atomic mass is 16.5. The molecule has 2 aromatic rings. The summed E-state index contributed by atoms with van der Waals surface area (Å²) in [6.07, 6.45) is 4.49. The van der Waals surface area contributed by atoms with E-state index in [2.05, 4.69) is 39.8 Å². The summed E-state index contributed by atoms with van der Waals surface area (Å²) in [6, 6.07) is 11.2. The van der Waals surface area contributed by atoms with Gasteiger partial charge in [0.15, 0.2) is 0 Å². The summed E-state index contributed by atoms with van der Waals surface area (Å²) in [6.45, 7) is 0.921. The molecule has 1 aromatic carbocycles. The average molecular weight is 257 g/mol. The highest BCUT2D eigenvalue weighted by Crippen LogP contribution is 2.23. The van der Waals surface area contributed by atoms with E-state index in [4.69, 9.17) is 4.74 Å². The van der Waals surface area contributed by atoms with Crippen molar-refractivity contribution in [2.45, 2.75) is 31.5 Å². The fourth-order valence-corrected chi connectivity index (χ4v) is 2.41. The molecule has 0 amide bonds. The quantitative estimate of drug-likeness (QED) is 0.864. The number of hydrogen-bond donors (Lipinski definition) is 2. The number of aromatic amines is 1. The fraction of sp³-hybridized carbons (Fsp3) is 0.400. The van der Waals surface area contributed by atoms with Crippen molar-refractivity contribution in [3.8, 4) is 11.3 Å². The minimum atomic E-state index is 0.459. The van der Waals surface area contributed by atoms with Gasteiger partial charge in [-0.2, -0.15) is 5.10 Å². The van der Waals surface area contributed by atoms with Gasteiger partial charge in [-0.15, -0.1) is 0 Å². The van der Waals surface area contributed by atoms with E-state index in [0.29, 0.717) is 12.1 Å². The number of methoxy groups -OCH3 is 1. The van der Waals surface area contributed by atoms with Gasteiger partial charge in [0, 0.05) is 25.9 Å². The lowest BCUT2D eigenvalue weighted by molar-refractivity contribution is 0.0170. The number of rotatable bonds is 5. The first kappa shape index (κ1) is 12.4. The normalized spacial score (nSPS) is 22.2. The highest BCUT2D eigenvalue weighted by Gasteiger charge is 2.28. The molecule has 19 heavy (non-hydrogen) atoms. The van der Waals surface area contributed by atoms with E-state index in [9.17, 15) is 0 Å². The van der Waals surface area contributed by atoms with Gasteiger partial charge in [0.1, 0.15) is 0 Å². The third-order valence-electron chi connectivity index (χ3n) is 3.79. The van der Waals surface area contributed by atoms with E-state index >= 15 is 0 Å². The molecule has 0 radical (unpaired) electrons. The van der Waals surface area contributed by atoms with Crippen LogP contribution in [0.2, 0.25) is 0 Å². The van der Waals surface area contributed by atoms with Gasteiger partial charge in [-0.3, -0.25) is 5.10 Å². The molecule has 4 nitrogen and oxygen atoms in total. The molecule has 1 saturated carbocycles. The minimum absolute atomic E-state index is 0.459. The lowest BCUT2D eigenvalue weighted by atomic mass is 9.89. The monoisotopic (exact) mass is 257 g/mol. The van der Waals surface area contributed by atoms with Crippen LogP contribution in [-0.4, -0.2) is 29.5 Å². The third kappa shape index (κ3) is 2.85. The molecule has 0 spiro atoms. The zero-order valence-electron chi connectivity index (χ0n) is 11.1. The Morgan fingerprint density at radius 3 is 2.68 bits per heavy atom. The molecule has 1 heterocycles. The third-order valence-corrected chi connectivity index (χ3v) is 3.79. The van der Waals surface area contributed by atoms with Crippen LogP contribution in [-0.2, 0) is 11.3 Å². The second-order valence-electron chi connectivity index (χ2n) is 5.07. The smallest absolute Gasteiger partial charge is 0.0650 e. The molecule has 0 bridgehead atoms. The summed E-state index contributed by atoms with van der Waals surface area (Å²) in [5, 5.41) is 10.5. The first-order valence-electron chi connectivity index (χ1n) is 6.70. The van der Waals surface area contributed by atoms with Crippen molar-refractivity contribution in [2.24, 2.45) is 0 Å². The molecule has 100 valence electrons. The minimum Gasteiger partial charge on any atom is -0.381 e. The lowest BCUT2D eigenvalue weighted by Crippen LogP contribution is -2.44. The molecule has 2 N–H and O–H groups in total. The lowest BCUT2D eigenvalue weighted by Gasteiger charge is -2.34. The van der Waals surface area contributed by atoms with Crippen LogP contribution in [0.1, 0.15) is 18.4 Å². The second kappa shape index (κ2) is 5.55. The predicted molar refractivity (Wildman–Crippen MR) is 74.7 cm³/mol. The SMILES string of the molecule is COC1CC(NCc2ccc(-c3ccn[nH]3)cc2)C1. The molecular formula is C15H19N3O. The van der Waals surface area contributed by atoms with Gasteiger partial charge in [-0.1, -0.05) is 24.3 Å². The molecular weight excluding hydrogens is 238 g/mol. The Kier molecular flexibility index (Phi) is 3.62. The van der Waals surface area contributed by atoms with Crippen LogP contribution in [0.5, 0.6) is 0 Å². The van der Waals surface area contributed by atoms with Crippen molar-refractivity contribution in [1.29, 1.82) is 0 Å². The summed E-state index contributed by atoms with van der Waals surface area (Å²) < 4.78 is 5.28. The van der Waals surface area contributed by atoms with Crippen LogP contribution in [0.15, 0.2) is 36.5 Å². The molecule has 0 saturated heterocycles. The van der Waals surface area contributed by atoms with Crippen LogP contribution < -0.4 is 5.32 Å². The van der Waals surface area contributed by atoms with Gasteiger partial charge in [0.05, 0.1) is 11.8 Å². The van der Waals surface area contributed by atoms with Gasteiger partial charge >= 0.3 is 0 Å². The summed E-state index contributed by atoms with van der Waals surface area (Å²) >= 11 is 0. The number of benzene rings is 1. The predicted octanol–water partition coefficient (Wildman–Crippen LogP) is 2.34. The first-order valence-corrected chi connectivity index (χ1v) is 6.70. The summed E-state index contributed by atoms with van der Waals surface area (Å²) in [7, 11) is 1.79. The van der Waals surface area contributed by atoms with Crippen LogP contribution in [0.25, 0.3) is 11.3 Å². The van der Waals surface area contributed by atoms with E-state index in [1.807, 2.05) is 6.07 Å². The van der Waals surface area contributed by atoms with Gasteiger partial charge in [-0.25, -0.2) is 0 Å². The number of nitrogens with one attached hydrogen (secondary N) is 2. The van der Waals surface area contributed by atoms with E-state index in [1.165, 1.54) is 11.1 Å². The largest absolute Gasteiger partial charge is 0.381 e. The molecule has 0 atom stereocenters. The van der Waals surface area contributed by atoms with E-state index in [0.717, 1.165) is 25.1 Å². The van der Waals surface area contributed by atoms with Crippen molar-refractivity contribution in [3.05, 3.63) is 42.1 Å². The number of hydrogen-bond acceptors (Lipinski definition) is 3. The summed E-state index contributed by atoms with van der Waals surface area (Å²) in [5.74, 6) is 0. The first-order chi connectivity index (χ1) is 9.35. The standard InChI is InChI=1S/C15H19N3O/c1-19-14-8-13(9-14)16-10-11-2-4-12(5-3-11)15-6-7-17-18-15/h2-7,13-14,16H,8-10H2,1H3,(H,17,18). The zero-order chi connectivity index (χ0) is 13.1. The van der Waals surface area contributed by atoms with Crippen molar-refractivity contribution in [1.82, 2.24) is 15.5 Å². The fourth-order valence-electron chi connectivity index (χ4n) is 2.41.